The van der Waals surface area contributed by atoms with E-state index in [1.54, 1.807) is 11.3 Å². The number of aromatic nitrogens is 1. The Hall–Kier alpha value is -2.85. The second-order valence-corrected chi connectivity index (χ2v) is 9.11. The van der Waals surface area contributed by atoms with Crippen LogP contribution >= 0.6 is 11.3 Å². The van der Waals surface area contributed by atoms with Gasteiger partial charge >= 0.3 is 0 Å². The molecule has 0 aliphatic carbocycles. The van der Waals surface area contributed by atoms with Gasteiger partial charge in [-0.25, -0.2) is 4.98 Å². The quantitative estimate of drug-likeness (QED) is 0.413. The summed E-state index contributed by atoms with van der Waals surface area (Å²) in [6.45, 7) is 6.57. The summed E-state index contributed by atoms with van der Waals surface area (Å²) in [6.07, 6.45) is 6.22. The average molecular weight is 402 g/mol. The minimum atomic E-state index is 0.136. The Bertz CT molecular complexity index is 1030. The summed E-state index contributed by atoms with van der Waals surface area (Å²) in [7, 11) is 0. The Morgan fingerprint density at radius 1 is 1.00 bits per heavy atom. The lowest BCUT2D eigenvalue weighted by Gasteiger charge is -2.21. The molecule has 0 fully saturated rings. The SMILES string of the molecule is Cc1nc(CC(C)(C)C/C=C/c2cccc(C(=N)C(=N)c3ccccc3)c2)cs1. The number of hydrogen-bond donors (Lipinski definition) is 2. The molecule has 1 aromatic heterocycles. The number of hydrogen-bond acceptors (Lipinski definition) is 4. The highest BCUT2D eigenvalue weighted by molar-refractivity contribution is 7.09. The number of benzene rings is 2. The van der Waals surface area contributed by atoms with E-state index >= 15 is 0 Å². The highest BCUT2D eigenvalue weighted by Crippen LogP contribution is 2.27. The number of nitrogens with one attached hydrogen (secondary N) is 2. The van der Waals surface area contributed by atoms with Crippen molar-refractivity contribution in [3.05, 3.63) is 93.4 Å². The highest BCUT2D eigenvalue weighted by atomic mass is 32.1. The van der Waals surface area contributed by atoms with Crippen molar-refractivity contribution in [2.45, 2.75) is 33.6 Å². The van der Waals surface area contributed by atoms with E-state index in [0.29, 0.717) is 0 Å². The number of nitrogens with zero attached hydrogens (tertiary/aromatic N) is 1. The molecule has 3 rings (SSSR count). The van der Waals surface area contributed by atoms with Gasteiger partial charge in [0.15, 0.2) is 0 Å². The number of allylic oxidation sites excluding steroid dienone is 1. The van der Waals surface area contributed by atoms with Gasteiger partial charge in [0.2, 0.25) is 0 Å². The normalized spacial score (nSPS) is 11.7. The molecule has 29 heavy (non-hydrogen) atoms. The summed E-state index contributed by atoms with van der Waals surface area (Å²) in [5, 5.41) is 20.0. The first-order chi connectivity index (χ1) is 13.8. The first kappa shape index (κ1) is 20.9. The molecule has 2 N–H and O–H groups in total. The van der Waals surface area contributed by atoms with Crippen LogP contribution in [0.2, 0.25) is 0 Å². The fourth-order valence-corrected chi connectivity index (χ4v) is 3.87. The minimum Gasteiger partial charge on any atom is -0.298 e. The van der Waals surface area contributed by atoms with Gasteiger partial charge in [-0.2, -0.15) is 0 Å². The lowest BCUT2D eigenvalue weighted by Crippen LogP contribution is -2.14. The van der Waals surface area contributed by atoms with Crippen molar-refractivity contribution in [1.82, 2.24) is 4.98 Å². The smallest absolute Gasteiger partial charge is 0.0897 e. The molecule has 0 bridgehead atoms. The first-order valence-electron chi connectivity index (χ1n) is 9.75. The van der Waals surface area contributed by atoms with E-state index in [2.05, 4.69) is 36.4 Å². The molecular weight excluding hydrogens is 374 g/mol. The minimum absolute atomic E-state index is 0.136. The number of thiazole rings is 1. The van der Waals surface area contributed by atoms with Crippen molar-refractivity contribution in [2.75, 3.05) is 0 Å². The van der Waals surface area contributed by atoms with Gasteiger partial charge in [-0.3, -0.25) is 10.8 Å². The molecule has 0 spiro atoms. The summed E-state index contributed by atoms with van der Waals surface area (Å²) < 4.78 is 0. The topological polar surface area (TPSA) is 60.6 Å². The van der Waals surface area contributed by atoms with Gasteiger partial charge in [0, 0.05) is 16.5 Å². The molecule has 0 aliphatic heterocycles. The summed E-state index contributed by atoms with van der Waals surface area (Å²) in [5.41, 5.74) is 4.36. The lowest BCUT2D eigenvalue weighted by atomic mass is 9.84. The molecule has 148 valence electrons. The lowest BCUT2D eigenvalue weighted by molar-refractivity contribution is 0.366. The molecule has 0 saturated carbocycles. The Labute approximate surface area is 177 Å². The van der Waals surface area contributed by atoms with E-state index in [1.165, 1.54) is 5.69 Å². The molecule has 0 amide bonds. The van der Waals surface area contributed by atoms with Crippen LogP contribution in [0, 0.1) is 23.2 Å². The van der Waals surface area contributed by atoms with E-state index in [-0.39, 0.29) is 16.8 Å². The van der Waals surface area contributed by atoms with E-state index < -0.39 is 0 Å². The van der Waals surface area contributed by atoms with Gasteiger partial charge in [-0.15, -0.1) is 11.3 Å². The molecular formula is C25H27N3S. The molecule has 3 nitrogen and oxygen atoms in total. The average Bonchev–Trinajstić information content (AvgIpc) is 3.11. The summed E-state index contributed by atoms with van der Waals surface area (Å²) in [6, 6.07) is 17.3. The van der Waals surface area contributed by atoms with Crippen molar-refractivity contribution >= 4 is 28.8 Å². The largest absolute Gasteiger partial charge is 0.298 e. The van der Waals surface area contributed by atoms with Crippen LogP contribution in [0.3, 0.4) is 0 Å². The van der Waals surface area contributed by atoms with Crippen LogP contribution in [0.4, 0.5) is 0 Å². The summed E-state index contributed by atoms with van der Waals surface area (Å²) in [4.78, 5) is 4.59. The second-order valence-electron chi connectivity index (χ2n) is 8.05. The third-order valence-corrected chi connectivity index (χ3v) is 5.62. The third-order valence-electron chi connectivity index (χ3n) is 4.79. The Balaban J connectivity index is 1.66. The highest BCUT2D eigenvalue weighted by Gasteiger charge is 2.18. The molecule has 4 heteroatoms. The van der Waals surface area contributed by atoms with Crippen molar-refractivity contribution in [2.24, 2.45) is 5.41 Å². The van der Waals surface area contributed by atoms with Crippen molar-refractivity contribution < 1.29 is 0 Å². The van der Waals surface area contributed by atoms with E-state index in [0.717, 1.165) is 34.5 Å². The molecule has 0 radical (unpaired) electrons. The molecule has 0 unspecified atom stereocenters. The predicted octanol–water partition coefficient (Wildman–Crippen LogP) is 6.56. The van der Waals surface area contributed by atoms with Crippen molar-refractivity contribution in [1.29, 1.82) is 10.8 Å². The van der Waals surface area contributed by atoms with Crippen LogP contribution < -0.4 is 0 Å². The first-order valence-corrected chi connectivity index (χ1v) is 10.6. The maximum absolute atomic E-state index is 8.42. The fourth-order valence-electron chi connectivity index (χ4n) is 3.26. The predicted molar refractivity (Wildman–Crippen MR) is 125 cm³/mol. The zero-order valence-electron chi connectivity index (χ0n) is 17.2. The zero-order chi connectivity index (χ0) is 20.9. The van der Waals surface area contributed by atoms with Crippen LogP contribution in [0.15, 0.2) is 66.1 Å². The van der Waals surface area contributed by atoms with Crippen LogP contribution in [-0.4, -0.2) is 16.4 Å². The summed E-state index contributed by atoms with van der Waals surface area (Å²) >= 11 is 1.70. The monoisotopic (exact) mass is 401 g/mol. The van der Waals surface area contributed by atoms with Crippen LogP contribution in [0.25, 0.3) is 6.08 Å². The summed E-state index contributed by atoms with van der Waals surface area (Å²) in [5.74, 6) is 0. The Morgan fingerprint density at radius 2 is 1.69 bits per heavy atom. The van der Waals surface area contributed by atoms with Gasteiger partial charge in [0.1, 0.15) is 0 Å². The maximum atomic E-state index is 8.42. The van der Waals surface area contributed by atoms with Crippen molar-refractivity contribution in [3.8, 4) is 0 Å². The molecule has 3 aromatic rings. The van der Waals surface area contributed by atoms with Gasteiger partial charge in [0.05, 0.1) is 22.1 Å². The molecule has 0 aliphatic rings. The van der Waals surface area contributed by atoms with Gasteiger partial charge < -0.3 is 0 Å². The van der Waals surface area contributed by atoms with Crippen molar-refractivity contribution in [3.63, 3.8) is 0 Å². The zero-order valence-corrected chi connectivity index (χ0v) is 18.0. The van der Waals surface area contributed by atoms with Crippen LogP contribution in [0.1, 0.15) is 47.7 Å². The second kappa shape index (κ2) is 9.10. The standard InChI is InChI=1S/C25H27N3S/c1-18-28-22(17-29-18)16-25(2,3)14-8-10-19-9-7-13-21(15-19)24(27)23(26)20-11-5-4-6-12-20/h4-13,15,17,26-27H,14,16H2,1-3H3/b10-8+,26-23?,27-24?. The fraction of sp³-hybridized carbons (Fsp3) is 0.240. The van der Waals surface area contributed by atoms with Crippen LogP contribution in [-0.2, 0) is 6.42 Å². The third kappa shape index (κ3) is 5.81. The van der Waals surface area contributed by atoms with E-state index in [1.807, 2.05) is 61.5 Å². The molecule has 2 aromatic carbocycles. The molecule has 1 heterocycles. The molecule has 0 atom stereocenters. The van der Waals surface area contributed by atoms with E-state index in [4.69, 9.17) is 10.8 Å². The molecule has 0 saturated heterocycles. The maximum Gasteiger partial charge on any atom is 0.0897 e. The Morgan fingerprint density at radius 3 is 2.38 bits per heavy atom. The number of aryl methyl sites for hydroxylation is 1. The van der Waals surface area contributed by atoms with Gasteiger partial charge in [-0.1, -0.05) is 74.5 Å². The van der Waals surface area contributed by atoms with Gasteiger partial charge in [0.25, 0.3) is 0 Å². The Kier molecular flexibility index (Phi) is 6.55. The van der Waals surface area contributed by atoms with E-state index in [9.17, 15) is 0 Å². The number of rotatable bonds is 8. The van der Waals surface area contributed by atoms with Crippen LogP contribution in [0.5, 0.6) is 0 Å². The van der Waals surface area contributed by atoms with Gasteiger partial charge in [-0.05, 0) is 36.8 Å².